The maximum Gasteiger partial charge on any atom is 0.432 e. The number of allylic oxidation sites excluding steroid dienone is 1. The van der Waals surface area contributed by atoms with Crippen LogP contribution in [0.1, 0.15) is 23.8 Å². The van der Waals surface area contributed by atoms with Crippen molar-refractivity contribution in [2.24, 2.45) is 10.7 Å². The average molecular weight is 491 g/mol. The van der Waals surface area contributed by atoms with Gasteiger partial charge < -0.3 is 15.6 Å². The Labute approximate surface area is 187 Å². The number of sulfone groups is 1. The zero-order valence-electron chi connectivity index (χ0n) is 17.1. The highest BCUT2D eigenvalue weighted by Gasteiger charge is 2.34. The fraction of sp³-hybridized carbons (Fsp3) is 0.300. The lowest BCUT2D eigenvalue weighted by Gasteiger charge is -2.10. The first-order chi connectivity index (χ1) is 14.9. The third-order valence-corrected chi connectivity index (χ3v) is 7.50. The van der Waals surface area contributed by atoms with Crippen molar-refractivity contribution < 1.29 is 36.2 Å². The molecule has 2 rings (SSSR count). The summed E-state index contributed by atoms with van der Waals surface area (Å²) in [4.78, 5) is 14.0. The van der Waals surface area contributed by atoms with E-state index in [1.54, 1.807) is 13.0 Å². The van der Waals surface area contributed by atoms with Crippen LogP contribution in [0.25, 0.3) is 5.70 Å². The number of thiophene rings is 1. The molecule has 3 N–H and O–H groups in total. The molecule has 0 amide bonds. The normalized spacial score (nSPS) is 13.3. The number of carboxylic acid groups (broad SMARTS) is 1. The number of carboxylic acids is 1. The average Bonchev–Trinajstić information content (AvgIpc) is 3.21. The summed E-state index contributed by atoms with van der Waals surface area (Å²) >= 11 is 0.711. The van der Waals surface area contributed by atoms with Crippen molar-refractivity contribution in [3.05, 3.63) is 46.8 Å². The summed E-state index contributed by atoms with van der Waals surface area (Å²) in [6.45, 7) is 1.99. The van der Waals surface area contributed by atoms with Crippen LogP contribution in [0.2, 0.25) is 0 Å². The molecule has 174 valence electrons. The Morgan fingerprint density at radius 3 is 2.53 bits per heavy atom. The Balaban J connectivity index is 2.44. The molecule has 0 saturated carbocycles. The van der Waals surface area contributed by atoms with Crippen LogP contribution in [0.5, 0.6) is 5.75 Å². The second kappa shape index (κ2) is 10.2. The summed E-state index contributed by atoms with van der Waals surface area (Å²) in [5.41, 5.74) is 4.73. The molecular weight excluding hydrogens is 469 g/mol. The minimum absolute atomic E-state index is 0.0979. The lowest BCUT2D eigenvalue weighted by atomic mass is 10.1. The van der Waals surface area contributed by atoms with Crippen molar-refractivity contribution in [2.45, 2.75) is 35.0 Å². The number of hydrogen-bond acceptors (Lipinski definition) is 7. The number of aryl methyl sites for hydroxylation is 1. The molecule has 0 aliphatic rings. The third-order valence-electron chi connectivity index (χ3n) is 4.14. The number of aliphatic imine (C=N–C) groups is 1. The van der Waals surface area contributed by atoms with E-state index in [1.165, 1.54) is 24.3 Å². The van der Waals surface area contributed by atoms with Crippen molar-refractivity contribution in [3.63, 3.8) is 0 Å². The van der Waals surface area contributed by atoms with Crippen molar-refractivity contribution in [2.75, 3.05) is 13.7 Å². The smallest absolute Gasteiger partial charge is 0.432 e. The van der Waals surface area contributed by atoms with Crippen LogP contribution in [-0.4, -0.2) is 45.0 Å². The van der Waals surface area contributed by atoms with Gasteiger partial charge in [0.1, 0.15) is 15.7 Å². The van der Waals surface area contributed by atoms with Gasteiger partial charge in [0.25, 0.3) is 0 Å². The minimum atomic E-state index is -4.70. The fourth-order valence-electron chi connectivity index (χ4n) is 2.66. The van der Waals surface area contributed by atoms with Crippen molar-refractivity contribution in [1.82, 2.24) is 0 Å². The standard InChI is InChI=1S/C20H21F3N2O5S2/c1-3-30-13-8-12(4-6-18(26)27)9-14(10-13)32(28,29)19-7-5-16(31-19)15(24)11-17(25-2)20(21,22)23/h5,7-11H,3-4,6,24H2,1-2H3,(H,26,27). The van der Waals surface area contributed by atoms with Crippen molar-refractivity contribution >= 4 is 38.6 Å². The first kappa shape index (κ1) is 25.4. The first-order valence-corrected chi connectivity index (χ1v) is 11.5. The van der Waals surface area contributed by atoms with Crippen LogP contribution < -0.4 is 10.5 Å². The second-order valence-corrected chi connectivity index (χ2v) is 9.73. The summed E-state index contributed by atoms with van der Waals surface area (Å²) in [6.07, 6.45) is -4.15. The molecule has 1 heterocycles. The molecule has 0 bridgehead atoms. The van der Waals surface area contributed by atoms with Gasteiger partial charge in [-0.2, -0.15) is 13.2 Å². The molecule has 1 aromatic carbocycles. The number of rotatable bonds is 9. The molecule has 2 aromatic rings. The number of halogens is 3. The van der Waals surface area contributed by atoms with E-state index in [4.69, 9.17) is 15.6 Å². The molecule has 0 radical (unpaired) electrons. The number of nitrogens with two attached hydrogens (primary N) is 1. The molecule has 0 saturated heterocycles. The Morgan fingerprint density at radius 2 is 1.97 bits per heavy atom. The number of aliphatic carboxylic acids is 1. The van der Waals surface area contributed by atoms with Gasteiger partial charge in [-0.25, -0.2) is 8.42 Å². The zero-order chi connectivity index (χ0) is 24.1. The molecular formula is C20H21F3N2O5S2. The number of nitrogens with zero attached hydrogens (tertiary/aromatic N) is 1. The van der Waals surface area contributed by atoms with E-state index in [1.807, 2.05) is 0 Å². The summed E-state index contributed by atoms with van der Waals surface area (Å²) < 4.78 is 70.2. The monoisotopic (exact) mass is 490 g/mol. The van der Waals surface area contributed by atoms with Gasteiger partial charge in [-0.1, -0.05) is 0 Å². The highest BCUT2D eigenvalue weighted by molar-refractivity contribution is 7.93. The van der Waals surface area contributed by atoms with Crippen molar-refractivity contribution in [3.8, 4) is 5.75 Å². The Kier molecular flexibility index (Phi) is 8.07. The Hall–Kier alpha value is -2.86. The molecule has 0 fully saturated rings. The Morgan fingerprint density at radius 1 is 1.28 bits per heavy atom. The van der Waals surface area contributed by atoms with Gasteiger partial charge in [0, 0.05) is 13.5 Å². The molecule has 0 atom stereocenters. The summed E-state index contributed by atoms with van der Waals surface area (Å²) in [5.74, 6) is -0.769. The van der Waals surface area contributed by atoms with Crippen LogP contribution in [0.3, 0.4) is 0 Å². The molecule has 0 aliphatic heterocycles. The molecule has 7 nitrogen and oxygen atoms in total. The summed E-state index contributed by atoms with van der Waals surface area (Å²) in [5, 5.41) is 8.90. The number of benzene rings is 1. The number of hydrogen-bond donors (Lipinski definition) is 2. The second-order valence-electron chi connectivity index (χ2n) is 6.47. The largest absolute Gasteiger partial charge is 0.494 e. The van der Waals surface area contributed by atoms with Gasteiger partial charge in [0.15, 0.2) is 0 Å². The van der Waals surface area contributed by atoms with E-state index in [0.717, 1.165) is 7.05 Å². The van der Waals surface area contributed by atoms with Crippen LogP contribution >= 0.6 is 11.3 Å². The van der Waals surface area contributed by atoms with Crippen LogP contribution in [-0.2, 0) is 21.1 Å². The molecule has 0 unspecified atom stereocenters. The maximum atomic E-state index is 13.1. The van der Waals surface area contributed by atoms with E-state index in [9.17, 15) is 26.4 Å². The predicted molar refractivity (Wildman–Crippen MR) is 115 cm³/mol. The van der Waals surface area contributed by atoms with E-state index >= 15 is 0 Å². The van der Waals surface area contributed by atoms with Crippen LogP contribution in [0.4, 0.5) is 13.2 Å². The van der Waals surface area contributed by atoms with Crippen LogP contribution in [0, 0.1) is 0 Å². The van der Waals surface area contributed by atoms with E-state index < -0.39 is 27.7 Å². The summed E-state index contributed by atoms with van der Waals surface area (Å²) in [7, 11) is -3.08. The lowest BCUT2D eigenvalue weighted by molar-refractivity contribution is -0.136. The van der Waals surface area contributed by atoms with Crippen molar-refractivity contribution in [1.29, 1.82) is 0 Å². The van der Waals surface area contributed by atoms with E-state index in [-0.39, 0.29) is 44.9 Å². The minimum Gasteiger partial charge on any atom is -0.494 e. The van der Waals surface area contributed by atoms with Crippen LogP contribution in [0.15, 0.2) is 50.5 Å². The number of alkyl halides is 3. The van der Waals surface area contributed by atoms with Gasteiger partial charge in [-0.15, -0.1) is 11.3 Å². The Bertz CT molecular complexity index is 1150. The highest BCUT2D eigenvalue weighted by atomic mass is 32.2. The predicted octanol–water partition coefficient (Wildman–Crippen LogP) is 3.93. The molecule has 0 aliphatic carbocycles. The first-order valence-electron chi connectivity index (χ1n) is 9.23. The molecule has 12 heteroatoms. The van der Waals surface area contributed by atoms with Gasteiger partial charge >= 0.3 is 12.1 Å². The van der Waals surface area contributed by atoms with Gasteiger partial charge in [-0.05, 0) is 55.3 Å². The third kappa shape index (κ3) is 6.33. The topological polar surface area (TPSA) is 119 Å². The summed E-state index contributed by atoms with van der Waals surface area (Å²) in [6, 6.07) is 6.79. The van der Waals surface area contributed by atoms with E-state index in [0.29, 0.717) is 23.0 Å². The number of ether oxygens (including phenoxy) is 1. The van der Waals surface area contributed by atoms with Gasteiger partial charge in [0.05, 0.1) is 22.1 Å². The quantitative estimate of drug-likeness (QED) is 0.514. The zero-order valence-corrected chi connectivity index (χ0v) is 18.8. The molecule has 1 aromatic heterocycles. The molecule has 32 heavy (non-hydrogen) atoms. The molecule has 0 spiro atoms. The SMILES string of the molecule is CCOc1cc(CCC(=O)O)cc(S(=O)(=O)c2ccc(C(N)=CC(=NC)C(F)(F)F)s2)c1. The number of carbonyl (C=O) groups is 1. The maximum absolute atomic E-state index is 13.1. The fourth-order valence-corrected chi connectivity index (χ4v) is 5.38. The highest BCUT2D eigenvalue weighted by Crippen LogP contribution is 2.33. The van der Waals surface area contributed by atoms with E-state index in [2.05, 4.69) is 4.99 Å². The van der Waals surface area contributed by atoms with Gasteiger partial charge in [0.2, 0.25) is 9.84 Å². The van der Waals surface area contributed by atoms with Gasteiger partial charge in [-0.3, -0.25) is 9.79 Å². The lowest BCUT2D eigenvalue weighted by Crippen LogP contribution is -2.21.